The van der Waals surface area contributed by atoms with E-state index >= 15 is 0 Å². The number of nitrogens with one attached hydrogen (secondary N) is 2. The predicted octanol–water partition coefficient (Wildman–Crippen LogP) is 4.52. The number of nitrogens with zero attached hydrogens (tertiary/aromatic N) is 1. The van der Waals surface area contributed by atoms with Gasteiger partial charge in [-0.05, 0) is 54.2 Å². The van der Waals surface area contributed by atoms with Crippen molar-refractivity contribution in [1.29, 1.82) is 0 Å². The highest BCUT2D eigenvalue weighted by Gasteiger charge is 2.46. The minimum atomic E-state index is -0.306. The van der Waals surface area contributed by atoms with Crippen molar-refractivity contribution in [3.63, 3.8) is 0 Å². The summed E-state index contributed by atoms with van der Waals surface area (Å²) in [5.74, 6) is -1.49. The fraction of sp³-hybridized carbons (Fsp3) is 0.357. The first-order valence-electron chi connectivity index (χ1n) is 12.0. The molecular formula is C28H31N3O4. The Morgan fingerprint density at radius 1 is 0.886 bits per heavy atom. The fourth-order valence-corrected chi connectivity index (χ4v) is 4.53. The van der Waals surface area contributed by atoms with E-state index in [1.54, 1.807) is 36.4 Å². The van der Waals surface area contributed by atoms with Gasteiger partial charge in [0.1, 0.15) is 0 Å². The van der Waals surface area contributed by atoms with Gasteiger partial charge in [-0.25, -0.2) is 0 Å². The maximum atomic E-state index is 12.7. The van der Waals surface area contributed by atoms with E-state index in [0.29, 0.717) is 29.8 Å². The molecule has 1 saturated heterocycles. The Morgan fingerprint density at radius 2 is 1.46 bits per heavy atom. The van der Waals surface area contributed by atoms with Gasteiger partial charge < -0.3 is 10.6 Å². The SMILES string of the molecule is CC(C)(C)c1ccc(C(=O)Nc2cccc(NC(=O)CCN3C(=O)[C@H]4CC=CC[C@H]4C3=O)c2)cc1. The van der Waals surface area contributed by atoms with Gasteiger partial charge in [-0.3, -0.25) is 24.1 Å². The number of hydrogen-bond acceptors (Lipinski definition) is 4. The van der Waals surface area contributed by atoms with Gasteiger partial charge in [0.25, 0.3) is 5.91 Å². The molecule has 0 unspecified atom stereocenters. The summed E-state index contributed by atoms with van der Waals surface area (Å²) >= 11 is 0. The van der Waals surface area contributed by atoms with E-state index in [-0.39, 0.29) is 53.8 Å². The minimum absolute atomic E-state index is 0.00627. The molecule has 2 atom stereocenters. The lowest BCUT2D eigenvalue weighted by Crippen LogP contribution is -2.34. The Hall–Kier alpha value is -3.74. The summed E-state index contributed by atoms with van der Waals surface area (Å²) < 4.78 is 0. The van der Waals surface area contributed by atoms with E-state index in [1.807, 2.05) is 24.3 Å². The fourth-order valence-electron chi connectivity index (χ4n) is 4.53. The quantitative estimate of drug-likeness (QED) is 0.476. The number of imide groups is 1. The Labute approximate surface area is 205 Å². The van der Waals surface area contributed by atoms with Crippen LogP contribution in [0.25, 0.3) is 0 Å². The Kier molecular flexibility index (Phi) is 6.87. The van der Waals surface area contributed by atoms with E-state index in [1.165, 1.54) is 4.90 Å². The molecule has 2 N–H and O–H groups in total. The molecule has 1 aliphatic heterocycles. The molecule has 4 amide bonds. The highest BCUT2D eigenvalue weighted by Crippen LogP contribution is 2.35. The standard InChI is InChI=1S/C28H31N3O4/c1-28(2,3)19-13-11-18(12-14-19)25(33)30-21-8-6-7-20(17-21)29-24(32)15-16-31-26(34)22-9-4-5-10-23(22)27(31)35/h4-8,11-14,17,22-23H,9-10,15-16H2,1-3H3,(H,29,32)(H,30,33)/t22-,23+. The summed E-state index contributed by atoms with van der Waals surface area (Å²) in [5.41, 5.74) is 2.77. The normalized spacial score (nSPS) is 19.5. The third-order valence-corrected chi connectivity index (χ3v) is 6.58. The second kappa shape index (κ2) is 9.86. The highest BCUT2D eigenvalue weighted by atomic mass is 16.2. The number of amides is 4. The molecule has 1 heterocycles. The van der Waals surface area contributed by atoms with Gasteiger partial charge in [-0.1, -0.05) is 51.1 Å². The molecule has 0 aromatic heterocycles. The molecule has 7 heteroatoms. The second-order valence-corrected chi connectivity index (χ2v) is 10.1. The summed E-state index contributed by atoms with van der Waals surface area (Å²) in [6.07, 6.45) is 5.06. The number of likely N-dealkylation sites (tertiary alicyclic amines) is 1. The van der Waals surface area contributed by atoms with Crippen LogP contribution < -0.4 is 10.6 Å². The average molecular weight is 474 g/mol. The molecule has 0 radical (unpaired) electrons. The van der Waals surface area contributed by atoms with Crippen LogP contribution in [0.15, 0.2) is 60.7 Å². The molecule has 2 aromatic carbocycles. The molecule has 35 heavy (non-hydrogen) atoms. The zero-order valence-electron chi connectivity index (χ0n) is 20.3. The van der Waals surface area contributed by atoms with Crippen molar-refractivity contribution in [2.45, 2.75) is 45.4 Å². The molecule has 1 fully saturated rings. The lowest BCUT2D eigenvalue weighted by atomic mass is 9.85. The molecule has 0 bridgehead atoms. The van der Waals surface area contributed by atoms with Crippen molar-refractivity contribution >= 4 is 35.0 Å². The maximum Gasteiger partial charge on any atom is 0.255 e. The number of rotatable bonds is 6. The monoisotopic (exact) mass is 473 g/mol. The zero-order valence-corrected chi connectivity index (χ0v) is 20.3. The van der Waals surface area contributed by atoms with Crippen molar-refractivity contribution in [1.82, 2.24) is 4.90 Å². The summed E-state index contributed by atoms with van der Waals surface area (Å²) in [6.45, 7) is 6.42. The van der Waals surface area contributed by atoms with Crippen LogP contribution in [0.3, 0.4) is 0 Å². The highest BCUT2D eigenvalue weighted by molar-refractivity contribution is 6.06. The van der Waals surface area contributed by atoms with Crippen molar-refractivity contribution in [2.24, 2.45) is 11.8 Å². The summed E-state index contributed by atoms with van der Waals surface area (Å²) in [5, 5.41) is 5.64. The third-order valence-electron chi connectivity index (χ3n) is 6.58. The summed E-state index contributed by atoms with van der Waals surface area (Å²) in [7, 11) is 0. The number of benzene rings is 2. The molecular weight excluding hydrogens is 442 g/mol. The van der Waals surface area contributed by atoms with Crippen LogP contribution >= 0.6 is 0 Å². The smallest absolute Gasteiger partial charge is 0.255 e. The number of carbonyl (C=O) groups excluding carboxylic acids is 4. The van der Waals surface area contributed by atoms with Gasteiger partial charge in [0.05, 0.1) is 11.8 Å². The molecule has 1 aliphatic carbocycles. The molecule has 182 valence electrons. The molecule has 0 saturated carbocycles. The van der Waals surface area contributed by atoms with Crippen LogP contribution in [0.2, 0.25) is 0 Å². The van der Waals surface area contributed by atoms with Gasteiger partial charge in [-0.2, -0.15) is 0 Å². The van der Waals surface area contributed by atoms with E-state index < -0.39 is 0 Å². The first-order chi connectivity index (χ1) is 16.6. The van der Waals surface area contributed by atoms with Gasteiger partial charge >= 0.3 is 0 Å². The maximum absolute atomic E-state index is 12.7. The van der Waals surface area contributed by atoms with Crippen LogP contribution in [0.5, 0.6) is 0 Å². The topological polar surface area (TPSA) is 95.6 Å². The first kappa shape index (κ1) is 24.4. The van der Waals surface area contributed by atoms with E-state index in [2.05, 4.69) is 31.4 Å². The molecule has 2 aliphatic rings. The Bertz CT molecular complexity index is 1150. The number of anilines is 2. The number of carbonyl (C=O) groups is 4. The van der Waals surface area contributed by atoms with Crippen molar-refractivity contribution in [2.75, 3.05) is 17.2 Å². The summed E-state index contributed by atoms with van der Waals surface area (Å²) in [6, 6.07) is 14.4. The lowest BCUT2D eigenvalue weighted by Gasteiger charge is -2.19. The predicted molar refractivity (Wildman–Crippen MR) is 135 cm³/mol. The lowest BCUT2D eigenvalue weighted by molar-refractivity contribution is -0.140. The average Bonchev–Trinajstić information content (AvgIpc) is 3.07. The van der Waals surface area contributed by atoms with E-state index in [0.717, 1.165) is 5.56 Å². The zero-order chi connectivity index (χ0) is 25.2. The Morgan fingerprint density at radius 3 is 2.03 bits per heavy atom. The molecule has 2 aromatic rings. The van der Waals surface area contributed by atoms with Crippen LogP contribution in [0.1, 0.15) is 56.0 Å². The number of allylic oxidation sites excluding steroid dienone is 2. The number of hydrogen-bond donors (Lipinski definition) is 2. The summed E-state index contributed by atoms with van der Waals surface area (Å²) in [4.78, 5) is 51.5. The largest absolute Gasteiger partial charge is 0.326 e. The van der Waals surface area contributed by atoms with Crippen molar-refractivity contribution in [3.05, 3.63) is 71.8 Å². The van der Waals surface area contributed by atoms with E-state index in [4.69, 9.17) is 0 Å². The van der Waals surface area contributed by atoms with Gasteiger partial charge in [0.15, 0.2) is 0 Å². The van der Waals surface area contributed by atoms with Crippen LogP contribution in [-0.2, 0) is 19.8 Å². The Balaban J connectivity index is 1.32. The van der Waals surface area contributed by atoms with Crippen LogP contribution in [-0.4, -0.2) is 35.1 Å². The van der Waals surface area contributed by atoms with Gasteiger partial charge in [-0.15, -0.1) is 0 Å². The van der Waals surface area contributed by atoms with E-state index in [9.17, 15) is 19.2 Å². The molecule has 7 nitrogen and oxygen atoms in total. The van der Waals surface area contributed by atoms with Crippen LogP contribution in [0.4, 0.5) is 11.4 Å². The van der Waals surface area contributed by atoms with Gasteiger partial charge in [0, 0.05) is 29.9 Å². The second-order valence-electron chi connectivity index (χ2n) is 10.1. The minimum Gasteiger partial charge on any atom is -0.326 e. The third kappa shape index (κ3) is 5.50. The van der Waals surface area contributed by atoms with Crippen LogP contribution in [0, 0.1) is 11.8 Å². The molecule has 4 rings (SSSR count). The first-order valence-corrected chi connectivity index (χ1v) is 12.0. The van der Waals surface area contributed by atoms with Crippen molar-refractivity contribution < 1.29 is 19.2 Å². The molecule has 0 spiro atoms. The van der Waals surface area contributed by atoms with Gasteiger partial charge in [0.2, 0.25) is 17.7 Å². The number of fused-ring (bicyclic) bond motifs is 1. The van der Waals surface area contributed by atoms with Crippen molar-refractivity contribution in [3.8, 4) is 0 Å².